The van der Waals surface area contributed by atoms with E-state index in [4.69, 9.17) is 8.83 Å². The van der Waals surface area contributed by atoms with Crippen molar-refractivity contribution in [3.05, 3.63) is 79.5 Å². The third-order valence-corrected chi connectivity index (χ3v) is 6.28. The van der Waals surface area contributed by atoms with Gasteiger partial charge in [0.15, 0.2) is 0 Å². The molecule has 0 unspecified atom stereocenters. The first-order valence-electron chi connectivity index (χ1n) is 9.65. The second-order valence-corrected chi connectivity index (χ2v) is 8.89. The van der Waals surface area contributed by atoms with Crippen molar-refractivity contribution in [2.45, 2.75) is 38.5 Å². The summed E-state index contributed by atoms with van der Waals surface area (Å²) >= 11 is 0. The molecule has 0 radical (unpaired) electrons. The summed E-state index contributed by atoms with van der Waals surface area (Å²) in [5.74, 6) is -0.0200. The third kappa shape index (κ3) is 2.19. The van der Waals surface area contributed by atoms with Crippen molar-refractivity contribution in [2.75, 3.05) is 0 Å². The first-order chi connectivity index (χ1) is 14.0. The number of hydrogen-bond donors (Lipinski definition) is 2. The Morgan fingerprint density at radius 3 is 1.37 bits per heavy atom. The Bertz CT molecular complexity index is 1390. The van der Waals surface area contributed by atoms with Gasteiger partial charge in [0.25, 0.3) is 0 Å². The van der Waals surface area contributed by atoms with Crippen LogP contribution in [0.3, 0.4) is 0 Å². The molecule has 2 aromatic heterocycles. The lowest BCUT2D eigenvalue weighted by atomic mass is 9.59. The van der Waals surface area contributed by atoms with Gasteiger partial charge in [0.1, 0.15) is 22.7 Å². The largest absolute Gasteiger partial charge is 0.508 e. The Hall–Kier alpha value is -3.54. The molecule has 0 fully saturated rings. The van der Waals surface area contributed by atoms with E-state index in [1.807, 2.05) is 27.7 Å². The van der Waals surface area contributed by atoms with E-state index in [0.29, 0.717) is 33.0 Å². The molecular weight excluding hydrogens is 384 g/mol. The molecule has 0 aliphatic heterocycles. The minimum atomic E-state index is -0.863. The predicted molar refractivity (Wildman–Crippen MR) is 113 cm³/mol. The second kappa shape index (κ2) is 5.53. The minimum Gasteiger partial charge on any atom is -0.508 e. The Morgan fingerprint density at radius 2 is 1.00 bits per heavy atom. The number of fused-ring (bicyclic) bond motifs is 6. The summed E-state index contributed by atoms with van der Waals surface area (Å²) in [4.78, 5) is 26.4. The molecular formula is C24H20O6. The molecule has 4 aromatic rings. The van der Waals surface area contributed by atoms with Gasteiger partial charge in [0, 0.05) is 33.7 Å². The van der Waals surface area contributed by atoms with Gasteiger partial charge >= 0.3 is 11.3 Å². The molecule has 1 aliphatic carbocycles. The van der Waals surface area contributed by atoms with Crippen molar-refractivity contribution in [1.82, 2.24) is 0 Å². The second-order valence-electron chi connectivity index (χ2n) is 8.89. The third-order valence-electron chi connectivity index (χ3n) is 6.28. The highest BCUT2D eigenvalue weighted by Crippen LogP contribution is 2.51. The van der Waals surface area contributed by atoms with Gasteiger partial charge < -0.3 is 19.0 Å². The molecule has 0 saturated carbocycles. The van der Waals surface area contributed by atoms with Crippen LogP contribution in [0.5, 0.6) is 11.5 Å². The lowest BCUT2D eigenvalue weighted by Crippen LogP contribution is -2.44. The smallest absolute Gasteiger partial charge is 0.340 e. The van der Waals surface area contributed by atoms with E-state index in [0.717, 1.165) is 0 Å². The fourth-order valence-corrected chi connectivity index (χ4v) is 5.06. The Kier molecular flexibility index (Phi) is 3.41. The number of benzene rings is 2. The zero-order valence-corrected chi connectivity index (χ0v) is 17.0. The van der Waals surface area contributed by atoms with E-state index in [1.54, 1.807) is 12.1 Å². The molecule has 6 heteroatoms. The molecule has 2 aromatic carbocycles. The molecule has 2 heterocycles. The van der Waals surface area contributed by atoms with Gasteiger partial charge in [-0.05, 0) is 35.4 Å². The standard InChI is InChI=1S/C24H20O6/c1-23(2)17-13-7-5-11(25)9-15(13)30-22(28)20(17)24(3,4)18-14-8-6-12(26)10-16(14)29-21(27)19(18)23/h5-10,25-26H,1-4H3. The van der Waals surface area contributed by atoms with Crippen molar-refractivity contribution in [1.29, 1.82) is 0 Å². The quantitative estimate of drug-likeness (QED) is 0.424. The lowest BCUT2D eigenvalue weighted by Gasteiger charge is -2.42. The summed E-state index contributed by atoms with van der Waals surface area (Å²) in [7, 11) is 0. The van der Waals surface area contributed by atoms with E-state index < -0.39 is 22.1 Å². The summed E-state index contributed by atoms with van der Waals surface area (Å²) in [6.07, 6.45) is 0. The highest BCUT2D eigenvalue weighted by molar-refractivity contribution is 5.90. The first kappa shape index (κ1) is 18.5. The van der Waals surface area contributed by atoms with Crippen molar-refractivity contribution in [2.24, 2.45) is 0 Å². The maximum atomic E-state index is 13.2. The highest BCUT2D eigenvalue weighted by Gasteiger charge is 2.48. The van der Waals surface area contributed by atoms with Gasteiger partial charge in [-0.1, -0.05) is 27.7 Å². The van der Waals surface area contributed by atoms with E-state index in [1.165, 1.54) is 24.3 Å². The molecule has 5 rings (SSSR count). The minimum absolute atomic E-state index is 0.0100. The zero-order valence-electron chi connectivity index (χ0n) is 17.0. The van der Waals surface area contributed by atoms with E-state index in [2.05, 4.69) is 0 Å². The summed E-state index contributed by atoms with van der Waals surface area (Å²) in [5, 5.41) is 21.0. The van der Waals surface area contributed by atoms with Crippen LogP contribution < -0.4 is 11.3 Å². The topological polar surface area (TPSA) is 101 Å². The number of phenolic OH excluding ortho intramolecular Hbond substituents is 2. The Labute approximate surface area is 171 Å². The molecule has 152 valence electrons. The Morgan fingerprint density at radius 1 is 0.633 bits per heavy atom. The van der Waals surface area contributed by atoms with E-state index in [-0.39, 0.29) is 22.7 Å². The maximum Gasteiger partial charge on any atom is 0.340 e. The van der Waals surface area contributed by atoms with Crippen LogP contribution in [0.4, 0.5) is 0 Å². The maximum absolute atomic E-state index is 13.2. The fourth-order valence-electron chi connectivity index (χ4n) is 5.06. The van der Waals surface area contributed by atoms with Crippen LogP contribution in [0.1, 0.15) is 49.9 Å². The number of phenols is 2. The van der Waals surface area contributed by atoms with Gasteiger partial charge in [-0.3, -0.25) is 0 Å². The first-order valence-corrected chi connectivity index (χ1v) is 9.65. The van der Waals surface area contributed by atoms with Crippen LogP contribution in [0, 0.1) is 0 Å². The van der Waals surface area contributed by atoms with E-state index in [9.17, 15) is 19.8 Å². The van der Waals surface area contributed by atoms with Crippen LogP contribution >= 0.6 is 0 Å². The van der Waals surface area contributed by atoms with Crippen LogP contribution in [-0.4, -0.2) is 10.2 Å². The van der Waals surface area contributed by atoms with Gasteiger partial charge in [-0.15, -0.1) is 0 Å². The molecule has 6 nitrogen and oxygen atoms in total. The number of aromatic hydroxyl groups is 2. The lowest BCUT2D eigenvalue weighted by molar-refractivity contribution is 0.442. The predicted octanol–water partition coefficient (Wildman–Crippen LogP) is 4.28. The highest BCUT2D eigenvalue weighted by atomic mass is 16.4. The summed E-state index contributed by atoms with van der Waals surface area (Å²) in [5.41, 5.74) is 0.113. The molecule has 2 N–H and O–H groups in total. The fraction of sp³-hybridized carbons (Fsp3) is 0.250. The summed E-state index contributed by atoms with van der Waals surface area (Å²) in [6, 6.07) is 9.29. The molecule has 0 saturated heterocycles. The van der Waals surface area contributed by atoms with Crippen molar-refractivity contribution in [3.63, 3.8) is 0 Å². The monoisotopic (exact) mass is 404 g/mol. The van der Waals surface area contributed by atoms with Gasteiger partial charge in [-0.2, -0.15) is 0 Å². The molecule has 0 atom stereocenters. The van der Waals surface area contributed by atoms with Crippen LogP contribution in [0.25, 0.3) is 21.9 Å². The van der Waals surface area contributed by atoms with Crippen LogP contribution in [-0.2, 0) is 10.8 Å². The SMILES string of the molecule is CC1(C)c2c(c3ccc(O)cc3oc2=O)C(C)(C)c2c1c1ccc(O)cc1oc2=O. The van der Waals surface area contributed by atoms with E-state index >= 15 is 0 Å². The molecule has 30 heavy (non-hydrogen) atoms. The van der Waals surface area contributed by atoms with Gasteiger partial charge in [0.2, 0.25) is 0 Å². The molecule has 1 aliphatic rings. The average Bonchev–Trinajstić information content (AvgIpc) is 2.64. The van der Waals surface area contributed by atoms with Gasteiger partial charge in [-0.25, -0.2) is 9.59 Å². The van der Waals surface area contributed by atoms with Crippen molar-refractivity contribution in [3.8, 4) is 11.5 Å². The van der Waals surface area contributed by atoms with Crippen LogP contribution in [0.15, 0.2) is 54.8 Å². The van der Waals surface area contributed by atoms with Gasteiger partial charge in [0.05, 0.1) is 11.1 Å². The molecule has 0 spiro atoms. The normalized spacial score (nSPS) is 16.4. The molecule has 0 amide bonds. The van der Waals surface area contributed by atoms with Crippen molar-refractivity contribution < 1.29 is 19.0 Å². The summed E-state index contributed by atoms with van der Waals surface area (Å²) in [6.45, 7) is 7.53. The number of hydrogen-bond acceptors (Lipinski definition) is 6. The van der Waals surface area contributed by atoms with Crippen LogP contribution in [0.2, 0.25) is 0 Å². The van der Waals surface area contributed by atoms with Crippen molar-refractivity contribution >= 4 is 21.9 Å². The Balaban J connectivity index is 2.04. The molecule has 0 bridgehead atoms. The summed E-state index contributed by atoms with van der Waals surface area (Å²) < 4.78 is 11.2. The number of rotatable bonds is 0. The average molecular weight is 404 g/mol. The zero-order chi connectivity index (χ0) is 21.6.